The molecule has 0 saturated heterocycles. The van der Waals surface area contributed by atoms with Gasteiger partial charge in [0.25, 0.3) is 5.91 Å². The van der Waals surface area contributed by atoms with Crippen molar-refractivity contribution in [3.63, 3.8) is 0 Å². The number of carbonyl (C=O) groups excluding carboxylic acids is 1. The molecule has 0 atom stereocenters. The van der Waals surface area contributed by atoms with E-state index in [1.165, 1.54) is 12.8 Å². The number of rotatable bonds is 3. The minimum absolute atomic E-state index is 0.165. The molecule has 3 rings (SSSR count). The van der Waals surface area contributed by atoms with Gasteiger partial charge in [0.2, 0.25) is 0 Å². The van der Waals surface area contributed by atoms with Crippen molar-refractivity contribution in [1.29, 1.82) is 0 Å². The van der Waals surface area contributed by atoms with Gasteiger partial charge in [0, 0.05) is 12.6 Å². The minimum Gasteiger partial charge on any atom is -0.350 e. The van der Waals surface area contributed by atoms with Gasteiger partial charge in [-0.3, -0.25) is 4.79 Å². The summed E-state index contributed by atoms with van der Waals surface area (Å²) >= 11 is 0. The third-order valence-corrected chi connectivity index (χ3v) is 3.19. The second-order valence-electron chi connectivity index (χ2n) is 4.84. The molecule has 1 aliphatic carbocycles. The number of hydrogen-bond acceptors (Lipinski definition) is 4. The zero-order valence-electron chi connectivity index (χ0n) is 10.5. The van der Waals surface area contributed by atoms with E-state index in [4.69, 9.17) is 0 Å². The summed E-state index contributed by atoms with van der Waals surface area (Å²) < 4.78 is 1.66. The molecule has 1 N–H and O–H groups in total. The Morgan fingerprint density at radius 2 is 2.22 bits per heavy atom. The second kappa shape index (κ2) is 4.04. The minimum atomic E-state index is -0.165. The largest absolute Gasteiger partial charge is 0.350 e. The van der Waals surface area contributed by atoms with Crippen LogP contribution in [0.1, 0.15) is 34.7 Å². The van der Waals surface area contributed by atoms with E-state index in [2.05, 4.69) is 20.6 Å². The van der Waals surface area contributed by atoms with Gasteiger partial charge in [0.15, 0.2) is 11.3 Å². The fourth-order valence-corrected chi connectivity index (χ4v) is 1.93. The molecule has 0 radical (unpaired) electrons. The molecule has 2 aromatic rings. The molecule has 2 heterocycles. The van der Waals surface area contributed by atoms with Crippen molar-refractivity contribution in [3.05, 3.63) is 23.1 Å². The number of fused-ring (bicyclic) bond motifs is 1. The topological polar surface area (TPSA) is 72.2 Å². The van der Waals surface area contributed by atoms with Gasteiger partial charge in [-0.15, -0.1) is 10.2 Å². The molecule has 0 aromatic carbocycles. The Balaban J connectivity index is 1.90. The molecule has 1 amide bonds. The first kappa shape index (κ1) is 11.1. The van der Waals surface area contributed by atoms with Crippen LogP contribution in [0.15, 0.2) is 6.07 Å². The van der Waals surface area contributed by atoms with Crippen LogP contribution in [0, 0.1) is 19.8 Å². The average molecular weight is 245 g/mol. The molecule has 1 saturated carbocycles. The number of aromatic nitrogens is 4. The van der Waals surface area contributed by atoms with Crippen molar-refractivity contribution in [2.75, 3.05) is 6.54 Å². The van der Waals surface area contributed by atoms with E-state index < -0.39 is 0 Å². The summed E-state index contributed by atoms with van der Waals surface area (Å²) in [5, 5.41) is 15.2. The summed E-state index contributed by atoms with van der Waals surface area (Å²) in [5.74, 6) is 0.486. The van der Waals surface area contributed by atoms with Gasteiger partial charge < -0.3 is 5.32 Å². The predicted octanol–water partition coefficient (Wildman–Crippen LogP) is 0.881. The number of carbonyl (C=O) groups is 1. The van der Waals surface area contributed by atoms with Crippen LogP contribution in [0.25, 0.3) is 5.65 Å². The molecule has 2 aromatic heterocycles. The van der Waals surface area contributed by atoms with E-state index in [1.807, 2.05) is 19.9 Å². The van der Waals surface area contributed by atoms with E-state index >= 15 is 0 Å². The summed E-state index contributed by atoms with van der Waals surface area (Å²) in [6.45, 7) is 4.46. The Kier molecular flexibility index (Phi) is 2.50. The molecule has 6 heteroatoms. The Labute approximate surface area is 104 Å². The van der Waals surface area contributed by atoms with Crippen molar-refractivity contribution >= 4 is 11.6 Å². The molecule has 1 aliphatic rings. The molecule has 1 fully saturated rings. The van der Waals surface area contributed by atoms with Gasteiger partial charge in [-0.05, 0) is 32.6 Å². The standard InChI is InChI=1S/C12H15N5O/c1-7-5-10-14-15-11(8(2)17(10)16-7)12(18)13-6-9-3-4-9/h5,9H,3-4,6H2,1-2H3,(H,13,18). The molecule has 94 valence electrons. The predicted molar refractivity (Wildman–Crippen MR) is 65.3 cm³/mol. The lowest BCUT2D eigenvalue weighted by atomic mass is 10.3. The zero-order valence-corrected chi connectivity index (χ0v) is 10.5. The monoisotopic (exact) mass is 245 g/mol. The SMILES string of the molecule is Cc1cc2nnc(C(=O)NCC3CC3)c(C)n2n1. The van der Waals surface area contributed by atoms with Gasteiger partial charge in [0.05, 0.1) is 11.4 Å². The highest BCUT2D eigenvalue weighted by atomic mass is 16.1. The highest BCUT2D eigenvalue weighted by Crippen LogP contribution is 2.27. The number of hydrogen-bond donors (Lipinski definition) is 1. The van der Waals surface area contributed by atoms with E-state index in [0.29, 0.717) is 17.3 Å². The van der Waals surface area contributed by atoms with Gasteiger partial charge in [-0.2, -0.15) is 5.10 Å². The van der Waals surface area contributed by atoms with Crippen LogP contribution in [-0.4, -0.2) is 32.3 Å². The van der Waals surface area contributed by atoms with Crippen LogP contribution < -0.4 is 5.32 Å². The summed E-state index contributed by atoms with van der Waals surface area (Å²) in [4.78, 5) is 12.0. The van der Waals surface area contributed by atoms with E-state index in [1.54, 1.807) is 4.52 Å². The highest BCUT2D eigenvalue weighted by Gasteiger charge is 2.23. The molecular formula is C12H15N5O. The van der Waals surface area contributed by atoms with Crippen molar-refractivity contribution in [2.45, 2.75) is 26.7 Å². The molecule has 6 nitrogen and oxygen atoms in total. The van der Waals surface area contributed by atoms with Crippen LogP contribution in [-0.2, 0) is 0 Å². The van der Waals surface area contributed by atoms with Crippen molar-refractivity contribution in [2.24, 2.45) is 5.92 Å². The van der Waals surface area contributed by atoms with E-state index in [0.717, 1.165) is 17.9 Å². The Bertz CT molecular complexity index is 614. The molecular weight excluding hydrogens is 230 g/mol. The summed E-state index contributed by atoms with van der Waals surface area (Å²) in [6.07, 6.45) is 2.42. The number of nitrogens with zero attached hydrogens (tertiary/aromatic N) is 4. The number of aryl methyl sites for hydroxylation is 2. The number of amides is 1. The third kappa shape index (κ3) is 1.94. The fourth-order valence-electron chi connectivity index (χ4n) is 1.93. The average Bonchev–Trinajstić information content (AvgIpc) is 3.08. The van der Waals surface area contributed by atoms with E-state index in [-0.39, 0.29) is 5.91 Å². The van der Waals surface area contributed by atoms with Gasteiger partial charge in [-0.1, -0.05) is 0 Å². The Morgan fingerprint density at radius 3 is 2.94 bits per heavy atom. The van der Waals surface area contributed by atoms with Crippen LogP contribution in [0.4, 0.5) is 0 Å². The van der Waals surface area contributed by atoms with E-state index in [9.17, 15) is 4.79 Å². The van der Waals surface area contributed by atoms with Gasteiger partial charge in [0.1, 0.15) is 0 Å². The van der Waals surface area contributed by atoms with Crippen molar-refractivity contribution < 1.29 is 4.79 Å². The van der Waals surface area contributed by atoms with Crippen molar-refractivity contribution in [1.82, 2.24) is 25.1 Å². The molecule has 0 spiro atoms. The fraction of sp³-hybridized carbons (Fsp3) is 0.500. The molecule has 0 bridgehead atoms. The summed E-state index contributed by atoms with van der Waals surface area (Å²) in [7, 11) is 0. The second-order valence-corrected chi connectivity index (χ2v) is 4.84. The number of nitrogens with one attached hydrogen (secondary N) is 1. The first-order valence-electron chi connectivity index (χ1n) is 6.13. The molecule has 18 heavy (non-hydrogen) atoms. The lowest BCUT2D eigenvalue weighted by Gasteiger charge is -2.06. The molecule has 0 unspecified atom stereocenters. The molecule has 0 aliphatic heterocycles. The highest BCUT2D eigenvalue weighted by molar-refractivity contribution is 5.93. The van der Waals surface area contributed by atoms with Crippen LogP contribution in [0.5, 0.6) is 0 Å². The quantitative estimate of drug-likeness (QED) is 0.871. The summed E-state index contributed by atoms with van der Waals surface area (Å²) in [5.41, 5.74) is 2.61. The maximum atomic E-state index is 12.0. The van der Waals surface area contributed by atoms with Gasteiger partial charge in [-0.25, -0.2) is 4.52 Å². The maximum Gasteiger partial charge on any atom is 0.273 e. The third-order valence-electron chi connectivity index (χ3n) is 3.19. The smallest absolute Gasteiger partial charge is 0.273 e. The zero-order chi connectivity index (χ0) is 12.7. The van der Waals surface area contributed by atoms with Crippen molar-refractivity contribution in [3.8, 4) is 0 Å². The van der Waals surface area contributed by atoms with Crippen LogP contribution in [0.3, 0.4) is 0 Å². The Morgan fingerprint density at radius 1 is 1.44 bits per heavy atom. The van der Waals surface area contributed by atoms with Crippen LogP contribution >= 0.6 is 0 Å². The lowest BCUT2D eigenvalue weighted by Crippen LogP contribution is -2.28. The van der Waals surface area contributed by atoms with Crippen LogP contribution in [0.2, 0.25) is 0 Å². The van der Waals surface area contributed by atoms with Gasteiger partial charge >= 0.3 is 0 Å². The Hall–Kier alpha value is -1.98. The lowest BCUT2D eigenvalue weighted by molar-refractivity contribution is 0.0944. The normalized spacial score (nSPS) is 15.0. The summed E-state index contributed by atoms with van der Waals surface area (Å²) in [6, 6.07) is 1.84. The maximum absolute atomic E-state index is 12.0. The first-order valence-corrected chi connectivity index (χ1v) is 6.13. The first-order chi connectivity index (χ1) is 8.65.